The van der Waals surface area contributed by atoms with Gasteiger partial charge in [0.25, 0.3) is 5.91 Å². The van der Waals surface area contributed by atoms with Crippen molar-refractivity contribution in [3.63, 3.8) is 0 Å². The molecule has 2 saturated heterocycles. The molecule has 2 aliphatic heterocycles. The van der Waals surface area contributed by atoms with Gasteiger partial charge in [-0.1, -0.05) is 6.07 Å². The van der Waals surface area contributed by atoms with E-state index >= 15 is 0 Å². The number of ether oxygens (including phenoxy) is 2. The van der Waals surface area contributed by atoms with E-state index in [1.54, 1.807) is 14.2 Å². The minimum absolute atomic E-state index is 0.205. The standard InChI is InChI=1S/C24H26F4N2O3/c1-32-19-7-3-14(22(12-19)33-2)13-30-17-5-6-18(30)11-16(10-17)29-23(31)20-8-4-15(25)9-21(20)24(26,27)28/h3-4,7-9,12,16-18H,5-6,10-11,13H2,1-2H3,(H,29,31). The summed E-state index contributed by atoms with van der Waals surface area (Å²) < 4.78 is 64.0. The number of halogens is 4. The van der Waals surface area contributed by atoms with Crippen molar-refractivity contribution in [1.29, 1.82) is 0 Å². The lowest BCUT2D eigenvalue weighted by Crippen LogP contribution is -2.50. The first kappa shape index (κ1) is 23.4. The second kappa shape index (κ2) is 9.21. The summed E-state index contributed by atoms with van der Waals surface area (Å²) >= 11 is 0. The molecule has 2 aromatic carbocycles. The van der Waals surface area contributed by atoms with E-state index in [0.29, 0.717) is 31.2 Å². The van der Waals surface area contributed by atoms with Crippen LogP contribution in [0.15, 0.2) is 36.4 Å². The summed E-state index contributed by atoms with van der Waals surface area (Å²) in [7, 11) is 3.21. The molecule has 2 atom stereocenters. The number of carbonyl (C=O) groups is 1. The lowest BCUT2D eigenvalue weighted by Gasteiger charge is -2.39. The first-order chi connectivity index (χ1) is 15.7. The third kappa shape index (κ3) is 4.93. The van der Waals surface area contributed by atoms with Crippen molar-refractivity contribution >= 4 is 5.91 Å². The zero-order chi connectivity index (χ0) is 23.8. The molecule has 2 bridgehead atoms. The van der Waals surface area contributed by atoms with Gasteiger partial charge in [-0.25, -0.2) is 4.39 Å². The number of methoxy groups -OCH3 is 2. The Bertz CT molecular complexity index is 1010. The smallest absolute Gasteiger partial charge is 0.417 e. The molecule has 9 heteroatoms. The molecule has 0 aromatic heterocycles. The minimum Gasteiger partial charge on any atom is -0.497 e. The van der Waals surface area contributed by atoms with Gasteiger partial charge >= 0.3 is 6.18 Å². The summed E-state index contributed by atoms with van der Waals surface area (Å²) in [5, 5.41) is 2.76. The van der Waals surface area contributed by atoms with Crippen molar-refractivity contribution in [3.8, 4) is 11.5 Å². The van der Waals surface area contributed by atoms with Crippen LogP contribution in [0.4, 0.5) is 17.6 Å². The van der Waals surface area contributed by atoms with Crippen molar-refractivity contribution in [1.82, 2.24) is 10.2 Å². The van der Waals surface area contributed by atoms with Gasteiger partial charge in [-0.15, -0.1) is 0 Å². The number of carbonyl (C=O) groups excluding carboxylic acids is 1. The summed E-state index contributed by atoms with van der Waals surface area (Å²) in [5.74, 6) is -0.407. The number of benzene rings is 2. The number of alkyl halides is 3. The van der Waals surface area contributed by atoms with E-state index in [-0.39, 0.29) is 18.1 Å². The molecule has 1 amide bonds. The molecule has 0 saturated carbocycles. The van der Waals surface area contributed by atoms with E-state index in [1.807, 2.05) is 18.2 Å². The van der Waals surface area contributed by atoms with Crippen LogP contribution in [0.1, 0.15) is 47.2 Å². The SMILES string of the molecule is COc1ccc(CN2C3CCC2CC(NC(=O)c2ccc(F)cc2C(F)(F)F)C3)c(OC)c1. The molecule has 2 fully saturated rings. The lowest BCUT2D eigenvalue weighted by atomic mass is 9.95. The molecule has 4 rings (SSSR count). The fourth-order valence-electron chi connectivity index (χ4n) is 5.04. The maximum atomic E-state index is 13.4. The van der Waals surface area contributed by atoms with Crippen LogP contribution in [-0.2, 0) is 12.7 Å². The predicted octanol–water partition coefficient (Wildman–Crippen LogP) is 4.79. The summed E-state index contributed by atoms with van der Waals surface area (Å²) in [6.45, 7) is 0.680. The quantitative estimate of drug-likeness (QED) is 0.623. The number of piperidine rings is 1. The minimum atomic E-state index is -4.81. The highest BCUT2D eigenvalue weighted by Crippen LogP contribution is 2.39. The van der Waals surface area contributed by atoms with Gasteiger partial charge in [-0.05, 0) is 49.9 Å². The molecule has 0 spiro atoms. The van der Waals surface area contributed by atoms with Gasteiger partial charge in [0, 0.05) is 36.3 Å². The van der Waals surface area contributed by atoms with E-state index in [1.165, 1.54) is 0 Å². The maximum Gasteiger partial charge on any atom is 0.417 e. The van der Waals surface area contributed by atoms with Gasteiger partial charge in [0.15, 0.2) is 0 Å². The van der Waals surface area contributed by atoms with E-state index in [0.717, 1.165) is 36.3 Å². The monoisotopic (exact) mass is 466 g/mol. The van der Waals surface area contributed by atoms with Gasteiger partial charge in [0.05, 0.1) is 25.3 Å². The van der Waals surface area contributed by atoms with Gasteiger partial charge in [0.1, 0.15) is 17.3 Å². The van der Waals surface area contributed by atoms with Crippen molar-refractivity contribution in [3.05, 3.63) is 58.9 Å². The van der Waals surface area contributed by atoms with Crippen LogP contribution >= 0.6 is 0 Å². The van der Waals surface area contributed by atoms with Crippen LogP contribution in [0.3, 0.4) is 0 Å². The molecule has 5 nitrogen and oxygen atoms in total. The number of rotatable bonds is 6. The topological polar surface area (TPSA) is 50.8 Å². The van der Waals surface area contributed by atoms with E-state index < -0.39 is 29.0 Å². The van der Waals surface area contributed by atoms with Crippen LogP contribution in [0, 0.1) is 5.82 Å². The first-order valence-electron chi connectivity index (χ1n) is 10.8. The Morgan fingerprint density at radius 1 is 1.06 bits per heavy atom. The average Bonchev–Trinajstić information content (AvgIpc) is 3.00. The predicted molar refractivity (Wildman–Crippen MR) is 114 cm³/mol. The Morgan fingerprint density at radius 2 is 1.76 bits per heavy atom. The van der Waals surface area contributed by atoms with Crippen molar-refractivity contribution < 1.29 is 31.8 Å². The Kier molecular flexibility index (Phi) is 6.52. The molecule has 0 aliphatic carbocycles. The number of fused-ring (bicyclic) bond motifs is 2. The highest BCUT2D eigenvalue weighted by atomic mass is 19.4. The molecule has 2 aromatic rings. The number of amides is 1. The van der Waals surface area contributed by atoms with E-state index in [9.17, 15) is 22.4 Å². The summed E-state index contributed by atoms with van der Waals surface area (Å²) in [6.07, 6.45) is -1.61. The lowest BCUT2D eigenvalue weighted by molar-refractivity contribution is -0.138. The first-order valence-corrected chi connectivity index (χ1v) is 10.8. The third-order valence-electron chi connectivity index (χ3n) is 6.60. The molecule has 1 N–H and O–H groups in total. The van der Waals surface area contributed by atoms with Crippen LogP contribution in [0.2, 0.25) is 0 Å². The molecule has 2 heterocycles. The van der Waals surface area contributed by atoms with Gasteiger partial charge < -0.3 is 14.8 Å². The summed E-state index contributed by atoms with van der Waals surface area (Å²) in [5.41, 5.74) is -0.785. The van der Waals surface area contributed by atoms with Crippen molar-refractivity contribution in [2.24, 2.45) is 0 Å². The Labute approximate surface area is 189 Å². The van der Waals surface area contributed by atoms with Crippen LogP contribution in [-0.4, -0.2) is 43.2 Å². The molecular weight excluding hydrogens is 440 g/mol. The van der Waals surface area contributed by atoms with Gasteiger partial charge in [0.2, 0.25) is 0 Å². The van der Waals surface area contributed by atoms with E-state index in [4.69, 9.17) is 9.47 Å². The number of hydrogen-bond donors (Lipinski definition) is 1. The van der Waals surface area contributed by atoms with Crippen LogP contribution in [0.5, 0.6) is 11.5 Å². The molecule has 33 heavy (non-hydrogen) atoms. The van der Waals surface area contributed by atoms with Crippen molar-refractivity contribution in [2.45, 2.75) is 56.5 Å². The zero-order valence-electron chi connectivity index (χ0n) is 18.4. The normalized spacial score (nSPS) is 22.8. The molecule has 0 radical (unpaired) electrons. The fraction of sp³-hybridized carbons (Fsp3) is 0.458. The Balaban J connectivity index is 1.45. The van der Waals surface area contributed by atoms with E-state index in [2.05, 4.69) is 10.2 Å². The molecular formula is C24H26F4N2O3. The maximum absolute atomic E-state index is 13.4. The van der Waals surface area contributed by atoms with Gasteiger partial charge in [-0.3, -0.25) is 9.69 Å². The molecule has 2 unspecified atom stereocenters. The van der Waals surface area contributed by atoms with Crippen molar-refractivity contribution in [2.75, 3.05) is 14.2 Å². The van der Waals surface area contributed by atoms with Crippen LogP contribution in [0.25, 0.3) is 0 Å². The molecule has 178 valence electrons. The van der Waals surface area contributed by atoms with Crippen LogP contribution < -0.4 is 14.8 Å². The highest BCUT2D eigenvalue weighted by molar-refractivity contribution is 5.96. The average molecular weight is 466 g/mol. The zero-order valence-corrected chi connectivity index (χ0v) is 18.4. The highest BCUT2D eigenvalue weighted by Gasteiger charge is 2.42. The number of nitrogens with one attached hydrogen (secondary N) is 1. The Hall–Kier alpha value is -2.81. The third-order valence-corrected chi connectivity index (χ3v) is 6.60. The number of hydrogen-bond acceptors (Lipinski definition) is 4. The second-order valence-corrected chi connectivity index (χ2v) is 8.56. The largest absolute Gasteiger partial charge is 0.497 e. The second-order valence-electron chi connectivity index (χ2n) is 8.56. The fourth-order valence-corrected chi connectivity index (χ4v) is 5.04. The van der Waals surface area contributed by atoms with Gasteiger partial charge in [-0.2, -0.15) is 13.2 Å². The summed E-state index contributed by atoms with van der Waals surface area (Å²) in [4.78, 5) is 15.0. The Morgan fingerprint density at radius 3 is 2.36 bits per heavy atom. The summed E-state index contributed by atoms with van der Waals surface area (Å²) in [6, 6.07) is 7.99. The molecule has 2 aliphatic rings. The number of nitrogens with zero attached hydrogens (tertiary/aromatic N) is 1.